The lowest BCUT2D eigenvalue weighted by Crippen LogP contribution is -2.10. The van der Waals surface area contributed by atoms with Crippen molar-refractivity contribution in [2.45, 2.75) is 0 Å². The number of imidazole rings is 1. The number of rotatable bonds is 3. The number of fused-ring (bicyclic) bond motifs is 2. The largest absolute Gasteiger partial charge is 0.360 e. The molecule has 4 rings (SSSR count). The molecule has 0 aliphatic rings. The van der Waals surface area contributed by atoms with Crippen molar-refractivity contribution in [3.63, 3.8) is 0 Å². The van der Waals surface area contributed by atoms with Crippen molar-refractivity contribution in [1.29, 1.82) is 0 Å². The predicted octanol–water partition coefficient (Wildman–Crippen LogP) is 3.22. The molecule has 0 aliphatic carbocycles. The normalized spacial score (nSPS) is 12.1. The van der Waals surface area contributed by atoms with Crippen LogP contribution in [0.25, 0.3) is 33.1 Å². The van der Waals surface area contributed by atoms with Crippen LogP contribution in [0.15, 0.2) is 42.6 Å². The average molecular weight is 344 g/mol. The van der Waals surface area contributed by atoms with E-state index in [9.17, 15) is 12.8 Å². The number of aromatic nitrogens is 3. The average Bonchev–Trinajstić information content (AvgIpc) is 3.06. The molecule has 24 heavy (non-hydrogen) atoms. The van der Waals surface area contributed by atoms with Gasteiger partial charge < -0.3 is 9.97 Å². The molecule has 3 N–H and O–H groups in total. The molecular formula is C16H13FN4O2S. The van der Waals surface area contributed by atoms with Gasteiger partial charge in [-0.1, -0.05) is 6.07 Å². The zero-order valence-corrected chi connectivity index (χ0v) is 13.4. The number of hydrogen-bond acceptors (Lipinski definition) is 3. The van der Waals surface area contributed by atoms with Crippen molar-refractivity contribution >= 4 is 37.9 Å². The Bertz CT molecular complexity index is 1180. The number of anilines is 1. The summed E-state index contributed by atoms with van der Waals surface area (Å²) in [7, 11) is -3.40. The smallest absolute Gasteiger partial charge is 0.232 e. The Morgan fingerprint density at radius 3 is 2.75 bits per heavy atom. The molecule has 0 atom stereocenters. The van der Waals surface area contributed by atoms with Gasteiger partial charge in [0.05, 0.1) is 17.3 Å². The highest BCUT2D eigenvalue weighted by molar-refractivity contribution is 7.91. The van der Waals surface area contributed by atoms with Crippen LogP contribution in [-0.2, 0) is 10.0 Å². The van der Waals surface area contributed by atoms with Crippen LogP contribution in [0.2, 0.25) is 0 Å². The Kier molecular flexibility index (Phi) is 3.10. The Morgan fingerprint density at radius 1 is 1.12 bits per heavy atom. The summed E-state index contributed by atoms with van der Waals surface area (Å²) in [4.78, 5) is 10.2. The first-order chi connectivity index (χ1) is 11.4. The van der Waals surface area contributed by atoms with Crippen molar-refractivity contribution < 1.29 is 12.8 Å². The summed E-state index contributed by atoms with van der Waals surface area (Å²) in [6, 6.07) is 10.2. The van der Waals surface area contributed by atoms with Gasteiger partial charge in [0.1, 0.15) is 5.82 Å². The van der Waals surface area contributed by atoms with E-state index in [1.165, 1.54) is 12.1 Å². The zero-order chi connectivity index (χ0) is 16.9. The maximum Gasteiger partial charge on any atom is 0.232 e. The molecule has 0 aliphatic heterocycles. The molecule has 122 valence electrons. The van der Waals surface area contributed by atoms with E-state index in [1.54, 1.807) is 12.1 Å². The van der Waals surface area contributed by atoms with Crippen LogP contribution in [0.1, 0.15) is 0 Å². The topological polar surface area (TPSA) is 90.6 Å². The molecule has 8 heteroatoms. The van der Waals surface area contributed by atoms with Crippen LogP contribution in [0.4, 0.5) is 10.3 Å². The van der Waals surface area contributed by atoms with Gasteiger partial charge in [-0.2, -0.15) is 0 Å². The van der Waals surface area contributed by atoms with Gasteiger partial charge in [0.2, 0.25) is 16.0 Å². The molecule has 2 heterocycles. The van der Waals surface area contributed by atoms with Crippen molar-refractivity contribution in [3.8, 4) is 11.1 Å². The Hall–Kier alpha value is -2.87. The summed E-state index contributed by atoms with van der Waals surface area (Å²) in [5.74, 6) is -0.123. The second-order valence-electron chi connectivity index (χ2n) is 5.58. The summed E-state index contributed by atoms with van der Waals surface area (Å²) in [5, 5.41) is 0.907. The highest BCUT2D eigenvalue weighted by atomic mass is 32.2. The van der Waals surface area contributed by atoms with Gasteiger partial charge >= 0.3 is 0 Å². The lowest BCUT2D eigenvalue weighted by molar-refractivity contribution is 0.606. The van der Waals surface area contributed by atoms with E-state index in [0.717, 1.165) is 22.8 Å². The lowest BCUT2D eigenvalue weighted by Gasteiger charge is -2.00. The van der Waals surface area contributed by atoms with E-state index in [-0.39, 0.29) is 11.8 Å². The fourth-order valence-corrected chi connectivity index (χ4v) is 3.19. The molecule has 0 unspecified atom stereocenters. The lowest BCUT2D eigenvalue weighted by atomic mass is 10.0. The molecule has 0 radical (unpaired) electrons. The van der Waals surface area contributed by atoms with Gasteiger partial charge in [0.25, 0.3) is 0 Å². The van der Waals surface area contributed by atoms with Crippen LogP contribution < -0.4 is 4.72 Å². The molecule has 0 amide bonds. The fourth-order valence-electron chi connectivity index (χ4n) is 2.74. The van der Waals surface area contributed by atoms with E-state index in [0.29, 0.717) is 16.6 Å². The molecule has 2 aromatic heterocycles. The van der Waals surface area contributed by atoms with E-state index in [1.807, 2.05) is 18.3 Å². The third-order valence-electron chi connectivity index (χ3n) is 3.72. The van der Waals surface area contributed by atoms with E-state index in [4.69, 9.17) is 0 Å². The summed E-state index contributed by atoms with van der Waals surface area (Å²) in [6.45, 7) is 0. The van der Waals surface area contributed by atoms with Crippen LogP contribution in [0, 0.1) is 5.82 Å². The van der Waals surface area contributed by atoms with Crippen LogP contribution in [0.3, 0.4) is 0 Å². The Balaban J connectivity index is 1.81. The number of nitrogens with one attached hydrogen (secondary N) is 3. The van der Waals surface area contributed by atoms with E-state index in [2.05, 4.69) is 19.7 Å². The number of sulfonamides is 1. The van der Waals surface area contributed by atoms with Crippen molar-refractivity contribution in [3.05, 3.63) is 48.4 Å². The van der Waals surface area contributed by atoms with Gasteiger partial charge in [-0.25, -0.2) is 17.8 Å². The van der Waals surface area contributed by atoms with Crippen LogP contribution in [0.5, 0.6) is 0 Å². The number of nitrogens with zero attached hydrogens (tertiary/aromatic N) is 1. The van der Waals surface area contributed by atoms with Crippen molar-refractivity contribution in [2.75, 3.05) is 11.0 Å². The van der Waals surface area contributed by atoms with Crippen molar-refractivity contribution in [2.24, 2.45) is 0 Å². The molecule has 0 saturated carbocycles. The first-order valence-electron chi connectivity index (χ1n) is 7.14. The summed E-state index contributed by atoms with van der Waals surface area (Å²) in [5.41, 5.74) is 3.91. The van der Waals surface area contributed by atoms with Gasteiger partial charge in [-0.05, 0) is 35.9 Å². The van der Waals surface area contributed by atoms with Crippen molar-refractivity contribution in [1.82, 2.24) is 15.0 Å². The molecule has 2 aromatic carbocycles. The SMILES string of the molecule is CS(=O)(=O)Nc1nc2ccc(-c3c[nH]c4cc(F)ccc34)cc2[nH]1. The van der Waals surface area contributed by atoms with E-state index < -0.39 is 10.0 Å². The standard InChI is InChI=1S/C16H13FN4O2S/c1-24(22,23)21-16-19-13-5-2-9(6-15(13)20-16)12-8-18-14-7-10(17)3-4-11(12)14/h2-8,18H,1H3,(H2,19,20,21). The quantitative estimate of drug-likeness (QED) is 0.533. The minimum Gasteiger partial charge on any atom is -0.360 e. The summed E-state index contributed by atoms with van der Waals surface area (Å²) in [6.07, 6.45) is 2.88. The maximum absolute atomic E-state index is 13.3. The predicted molar refractivity (Wildman–Crippen MR) is 91.8 cm³/mol. The van der Waals surface area contributed by atoms with Crippen LogP contribution >= 0.6 is 0 Å². The van der Waals surface area contributed by atoms with Gasteiger partial charge in [0.15, 0.2) is 0 Å². The molecule has 0 spiro atoms. The van der Waals surface area contributed by atoms with Gasteiger partial charge in [-0.15, -0.1) is 0 Å². The molecule has 0 bridgehead atoms. The van der Waals surface area contributed by atoms with Crippen LogP contribution in [-0.4, -0.2) is 29.6 Å². The number of benzene rings is 2. The number of hydrogen-bond donors (Lipinski definition) is 3. The third kappa shape index (κ3) is 2.61. The zero-order valence-electron chi connectivity index (χ0n) is 12.6. The molecule has 0 saturated heterocycles. The van der Waals surface area contributed by atoms with Gasteiger partial charge in [-0.3, -0.25) is 4.72 Å². The number of aromatic amines is 2. The third-order valence-corrected chi connectivity index (χ3v) is 4.28. The minimum absolute atomic E-state index is 0.172. The maximum atomic E-state index is 13.3. The monoisotopic (exact) mass is 344 g/mol. The second-order valence-corrected chi connectivity index (χ2v) is 7.33. The summed E-state index contributed by atoms with van der Waals surface area (Å²) >= 11 is 0. The second kappa shape index (κ2) is 5.07. The minimum atomic E-state index is -3.40. The number of halogens is 1. The van der Waals surface area contributed by atoms with Gasteiger partial charge in [0, 0.05) is 22.7 Å². The first kappa shape index (κ1) is 14.7. The molecule has 6 nitrogen and oxygen atoms in total. The highest BCUT2D eigenvalue weighted by Gasteiger charge is 2.11. The number of H-pyrrole nitrogens is 2. The fraction of sp³-hybridized carbons (Fsp3) is 0.0625. The molecule has 0 fully saturated rings. The highest BCUT2D eigenvalue weighted by Crippen LogP contribution is 2.31. The van der Waals surface area contributed by atoms with E-state index >= 15 is 0 Å². The first-order valence-corrected chi connectivity index (χ1v) is 9.03. The Labute approximate surface area is 136 Å². The summed E-state index contributed by atoms with van der Waals surface area (Å²) < 4.78 is 38.2. The molecular weight excluding hydrogens is 331 g/mol. The molecule has 4 aromatic rings. The Morgan fingerprint density at radius 2 is 1.96 bits per heavy atom.